The minimum absolute atomic E-state index is 0.259. The fourth-order valence-electron chi connectivity index (χ4n) is 2.71. The van der Waals surface area contributed by atoms with E-state index in [0.29, 0.717) is 0 Å². The van der Waals surface area contributed by atoms with Crippen LogP contribution in [0.25, 0.3) is 22.3 Å². The van der Waals surface area contributed by atoms with E-state index in [9.17, 15) is 10.2 Å². The van der Waals surface area contributed by atoms with E-state index in [1.807, 2.05) is 30.3 Å². The molecule has 0 fully saturated rings. The van der Waals surface area contributed by atoms with Crippen LogP contribution in [0.3, 0.4) is 0 Å². The largest absolute Gasteiger partial charge is 0.508 e. The van der Waals surface area contributed by atoms with Gasteiger partial charge in [0.15, 0.2) is 0 Å². The third kappa shape index (κ3) is 3.27. The van der Waals surface area contributed by atoms with Gasteiger partial charge in [-0.25, -0.2) is 0 Å². The molecule has 23 heavy (non-hydrogen) atoms. The van der Waals surface area contributed by atoms with Crippen molar-refractivity contribution in [1.29, 1.82) is 0 Å². The van der Waals surface area contributed by atoms with Gasteiger partial charge >= 0.3 is 0 Å². The van der Waals surface area contributed by atoms with E-state index in [1.165, 1.54) is 0 Å². The molecule has 0 spiro atoms. The normalized spacial score (nSPS) is 10.4. The number of benzene rings is 3. The number of phenolic OH excluding ortho intramolecular Hbond substituents is 2. The molecule has 0 bridgehead atoms. The molecule has 0 aliphatic carbocycles. The highest BCUT2D eigenvalue weighted by atomic mass is 16.3. The summed E-state index contributed by atoms with van der Waals surface area (Å²) >= 11 is 0. The van der Waals surface area contributed by atoms with E-state index in [2.05, 4.69) is 24.8 Å². The Balaban J connectivity index is 2.08. The molecule has 3 aromatic carbocycles. The Hall–Kier alpha value is -3.00. The molecule has 3 aromatic rings. The highest BCUT2D eigenvalue weighted by Gasteiger charge is 2.08. The number of rotatable bonds is 4. The molecule has 0 saturated carbocycles. The third-order valence-corrected chi connectivity index (χ3v) is 3.83. The van der Waals surface area contributed by atoms with E-state index in [4.69, 9.17) is 0 Å². The van der Waals surface area contributed by atoms with Gasteiger partial charge in [0, 0.05) is 0 Å². The van der Waals surface area contributed by atoms with Gasteiger partial charge in [-0.05, 0) is 58.5 Å². The molecule has 0 radical (unpaired) electrons. The number of phenols is 2. The van der Waals surface area contributed by atoms with Crippen molar-refractivity contribution in [2.75, 3.05) is 0 Å². The van der Waals surface area contributed by atoms with E-state index in [-0.39, 0.29) is 11.5 Å². The van der Waals surface area contributed by atoms with Crippen molar-refractivity contribution < 1.29 is 10.2 Å². The van der Waals surface area contributed by atoms with Crippen LogP contribution in [0.1, 0.15) is 5.56 Å². The molecule has 2 N–H and O–H groups in total. The molecule has 2 heteroatoms. The van der Waals surface area contributed by atoms with Crippen LogP contribution in [0.4, 0.5) is 0 Å². The summed E-state index contributed by atoms with van der Waals surface area (Å²) in [7, 11) is 0. The average molecular weight is 302 g/mol. The van der Waals surface area contributed by atoms with Crippen molar-refractivity contribution in [3.8, 4) is 33.8 Å². The van der Waals surface area contributed by atoms with Gasteiger partial charge in [-0.2, -0.15) is 0 Å². The summed E-state index contributed by atoms with van der Waals surface area (Å²) in [5.74, 6) is 0.520. The van der Waals surface area contributed by atoms with Crippen molar-refractivity contribution in [2.45, 2.75) is 6.42 Å². The molecule has 0 amide bonds. The van der Waals surface area contributed by atoms with E-state index in [1.54, 1.807) is 24.3 Å². The van der Waals surface area contributed by atoms with E-state index >= 15 is 0 Å². The average Bonchev–Trinajstić information content (AvgIpc) is 2.56. The topological polar surface area (TPSA) is 40.5 Å². The quantitative estimate of drug-likeness (QED) is 0.653. The fourth-order valence-corrected chi connectivity index (χ4v) is 2.71. The summed E-state index contributed by atoms with van der Waals surface area (Å²) in [4.78, 5) is 0. The van der Waals surface area contributed by atoms with E-state index in [0.717, 1.165) is 34.2 Å². The molecule has 2 nitrogen and oxygen atoms in total. The van der Waals surface area contributed by atoms with Crippen LogP contribution >= 0.6 is 0 Å². The van der Waals surface area contributed by atoms with Crippen LogP contribution in [0.5, 0.6) is 11.5 Å². The molecule has 0 heterocycles. The number of hydrogen-bond acceptors (Lipinski definition) is 2. The molecule has 0 saturated heterocycles. The van der Waals surface area contributed by atoms with Crippen LogP contribution in [0, 0.1) is 0 Å². The standard InChI is InChI=1S/C21H18O2/c1-2-4-17-13-16(15-7-10-19(22)11-8-15)9-12-21(17)18-5-3-6-20(23)14-18/h2-3,5-14,22-23H,1,4H2. The zero-order chi connectivity index (χ0) is 16.2. The minimum Gasteiger partial charge on any atom is -0.508 e. The fraction of sp³-hybridized carbons (Fsp3) is 0.0476. The lowest BCUT2D eigenvalue weighted by Crippen LogP contribution is -1.90. The number of allylic oxidation sites excluding steroid dienone is 1. The molecule has 0 aliphatic rings. The third-order valence-electron chi connectivity index (χ3n) is 3.83. The predicted octanol–water partition coefficient (Wildman–Crippen LogP) is 5.16. The van der Waals surface area contributed by atoms with E-state index < -0.39 is 0 Å². The zero-order valence-corrected chi connectivity index (χ0v) is 12.7. The summed E-state index contributed by atoms with van der Waals surface area (Å²) in [6.45, 7) is 3.84. The zero-order valence-electron chi connectivity index (χ0n) is 12.7. The summed E-state index contributed by atoms with van der Waals surface area (Å²) in [5, 5.41) is 19.1. The maximum absolute atomic E-state index is 9.71. The predicted molar refractivity (Wildman–Crippen MR) is 94.5 cm³/mol. The van der Waals surface area contributed by atoms with Gasteiger partial charge in [0.2, 0.25) is 0 Å². The number of aromatic hydroxyl groups is 2. The summed E-state index contributed by atoms with van der Waals surface area (Å²) in [6, 6.07) is 20.7. The summed E-state index contributed by atoms with van der Waals surface area (Å²) in [6.07, 6.45) is 2.62. The van der Waals surface area contributed by atoms with Crippen LogP contribution < -0.4 is 0 Å². The van der Waals surface area contributed by atoms with Gasteiger partial charge < -0.3 is 10.2 Å². The first-order valence-corrected chi connectivity index (χ1v) is 7.50. The van der Waals surface area contributed by atoms with Crippen molar-refractivity contribution in [2.24, 2.45) is 0 Å². The van der Waals surface area contributed by atoms with Crippen molar-refractivity contribution in [3.05, 3.63) is 84.9 Å². The van der Waals surface area contributed by atoms with Crippen molar-refractivity contribution in [3.63, 3.8) is 0 Å². The lowest BCUT2D eigenvalue weighted by Gasteiger charge is -2.12. The van der Waals surface area contributed by atoms with Gasteiger partial charge in [-0.15, -0.1) is 6.58 Å². The Morgan fingerprint density at radius 2 is 1.48 bits per heavy atom. The van der Waals surface area contributed by atoms with Crippen molar-refractivity contribution in [1.82, 2.24) is 0 Å². The number of hydrogen-bond donors (Lipinski definition) is 2. The van der Waals surface area contributed by atoms with Gasteiger partial charge in [0.1, 0.15) is 11.5 Å². The minimum atomic E-state index is 0.259. The molecule has 0 aliphatic heterocycles. The van der Waals surface area contributed by atoms with Crippen LogP contribution in [0.2, 0.25) is 0 Å². The molecular weight excluding hydrogens is 284 g/mol. The highest BCUT2D eigenvalue weighted by Crippen LogP contribution is 2.31. The first-order valence-electron chi connectivity index (χ1n) is 7.50. The molecule has 3 rings (SSSR count). The first-order chi connectivity index (χ1) is 11.2. The van der Waals surface area contributed by atoms with Gasteiger partial charge in [-0.1, -0.05) is 48.5 Å². The van der Waals surface area contributed by atoms with Crippen LogP contribution in [-0.2, 0) is 6.42 Å². The Labute approximate surface area is 136 Å². The molecular formula is C21H18O2. The first kappa shape index (κ1) is 14.9. The second-order valence-electron chi connectivity index (χ2n) is 5.46. The Bertz CT molecular complexity index is 833. The summed E-state index contributed by atoms with van der Waals surface area (Å²) < 4.78 is 0. The Kier molecular flexibility index (Phi) is 4.15. The second-order valence-corrected chi connectivity index (χ2v) is 5.46. The molecule has 0 unspecified atom stereocenters. The monoisotopic (exact) mass is 302 g/mol. The SMILES string of the molecule is C=CCc1cc(-c2ccc(O)cc2)ccc1-c1cccc(O)c1. The summed E-state index contributed by atoms with van der Waals surface area (Å²) in [5.41, 5.74) is 5.36. The van der Waals surface area contributed by atoms with Crippen molar-refractivity contribution >= 4 is 0 Å². The maximum atomic E-state index is 9.71. The highest BCUT2D eigenvalue weighted by molar-refractivity contribution is 5.74. The molecule has 0 atom stereocenters. The lowest BCUT2D eigenvalue weighted by molar-refractivity contribution is 0.475. The molecule has 114 valence electrons. The molecule has 0 aromatic heterocycles. The van der Waals surface area contributed by atoms with Crippen LogP contribution in [0.15, 0.2) is 79.4 Å². The smallest absolute Gasteiger partial charge is 0.116 e. The Morgan fingerprint density at radius 1 is 0.739 bits per heavy atom. The van der Waals surface area contributed by atoms with Crippen LogP contribution in [-0.4, -0.2) is 10.2 Å². The van der Waals surface area contributed by atoms with Gasteiger partial charge in [-0.3, -0.25) is 0 Å². The second kappa shape index (κ2) is 6.41. The lowest BCUT2D eigenvalue weighted by atomic mass is 9.93. The maximum Gasteiger partial charge on any atom is 0.116 e. The van der Waals surface area contributed by atoms with Gasteiger partial charge in [0.05, 0.1) is 0 Å². The van der Waals surface area contributed by atoms with Gasteiger partial charge in [0.25, 0.3) is 0 Å². The Morgan fingerprint density at radius 3 is 2.17 bits per heavy atom.